The van der Waals surface area contributed by atoms with Gasteiger partial charge >= 0.3 is 0 Å². The first-order chi connectivity index (χ1) is 13.2. The smallest absolute Gasteiger partial charge is 0.271 e. The number of aromatic amines is 1. The molecule has 0 atom stereocenters. The lowest BCUT2D eigenvalue weighted by Gasteiger charge is -2.24. The zero-order valence-corrected chi connectivity index (χ0v) is 15.6. The highest BCUT2D eigenvalue weighted by molar-refractivity contribution is 5.93. The van der Waals surface area contributed by atoms with Gasteiger partial charge in [-0.2, -0.15) is 5.10 Å². The first-order valence-corrected chi connectivity index (χ1v) is 9.41. The van der Waals surface area contributed by atoms with Gasteiger partial charge in [0.25, 0.3) is 5.91 Å². The average molecular weight is 360 g/mol. The van der Waals surface area contributed by atoms with Gasteiger partial charge in [0.2, 0.25) is 0 Å². The van der Waals surface area contributed by atoms with E-state index in [1.807, 2.05) is 49.5 Å². The molecule has 0 saturated carbocycles. The topological polar surface area (TPSA) is 52.2 Å². The normalized spacial score (nSPS) is 13.7. The first-order valence-electron chi connectivity index (χ1n) is 9.41. The largest absolute Gasteiger partial charge is 0.371 e. The molecule has 0 spiro atoms. The molecule has 4 rings (SSSR count). The van der Waals surface area contributed by atoms with E-state index in [-0.39, 0.29) is 5.91 Å². The van der Waals surface area contributed by atoms with E-state index in [4.69, 9.17) is 0 Å². The Hall–Kier alpha value is -3.08. The lowest BCUT2D eigenvalue weighted by atomic mass is 10.1. The van der Waals surface area contributed by atoms with E-state index in [1.54, 1.807) is 4.90 Å². The molecule has 1 aliphatic heterocycles. The Morgan fingerprint density at radius 2 is 1.78 bits per heavy atom. The molecule has 1 saturated heterocycles. The van der Waals surface area contributed by atoms with Crippen LogP contribution in [0.1, 0.15) is 28.9 Å². The van der Waals surface area contributed by atoms with E-state index in [2.05, 4.69) is 33.3 Å². The lowest BCUT2D eigenvalue weighted by molar-refractivity contribution is 0.0779. The minimum Gasteiger partial charge on any atom is -0.371 e. The molecule has 2 heterocycles. The van der Waals surface area contributed by atoms with Crippen molar-refractivity contribution < 1.29 is 4.79 Å². The van der Waals surface area contributed by atoms with E-state index in [0.717, 1.165) is 24.3 Å². The number of para-hydroxylation sites is 1. The highest BCUT2D eigenvalue weighted by Crippen LogP contribution is 2.26. The summed E-state index contributed by atoms with van der Waals surface area (Å²) in [6.07, 6.45) is 2.47. The van der Waals surface area contributed by atoms with Crippen molar-refractivity contribution in [2.24, 2.45) is 0 Å². The summed E-state index contributed by atoms with van der Waals surface area (Å²) < 4.78 is 0. The number of carbonyl (C=O) groups excluding carboxylic acids is 1. The van der Waals surface area contributed by atoms with Gasteiger partial charge in [0, 0.05) is 37.9 Å². The summed E-state index contributed by atoms with van der Waals surface area (Å²) in [5.41, 5.74) is 4.71. The molecule has 0 bridgehead atoms. The minimum absolute atomic E-state index is 0.0547. The van der Waals surface area contributed by atoms with Gasteiger partial charge in [-0.3, -0.25) is 9.89 Å². The molecule has 5 heteroatoms. The van der Waals surface area contributed by atoms with Gasteiger partial charge in [-0.25, -0.2) is 0 Å². The summed E-state index contributed by atoms with van der Waals surface area (Å²) in [7, 11) is 1.84. The molecule has 1 aliphatic rings. The number of nitrogens with one attached hydrogen (secondary N) is 1. The second kappa shape index (κ2) is 7.66. The van der Waals surface area contributed by atoms with Crippen LogP contribution in [-0.4, -0.2) is 41.1 Å². The van der Waals surface area contributed by atoms with Crippen LogP contribution in [0.15, 0.2) is 60.7 Å². The van der Waals surface area contributed by atoms with Gasteiger partial charge in [-0.15, -0.1) is 0 Å². The molecule has 0 unspecified atom stereocenters. The molecular weight excluding hydrogens is 336 g/mol. The van der Waals surface area contributed by atoms with Crippen molar-refractivity contribution >= 4 is 11.6 Å². The predicted octanol–water partition coefficient (Wildman–Crippen LogP) is 3.95. The van der Waals surface area contributed by atoms with Crippen LogP contribution < -0.4 is 4.90 Å². The summed E-state index contributed by atoms with van der Waals surface area (Å²) >= 11 is 0. The molecule has 1 aromatic heterocycles. The van der Waals surface area contributed by atoms with Crippen LogP contribution in [0.5, 0.6) is 0 Å². The van der Waals surface area contributed by atoms with Crippen LogP contribution in [-0.2, 0) is 6.54 Å². The quantitative estimate of drug-likeness (QED) is 0.750. The second-order valence-electron chi connectivity index (χ2n) is 7.02. The number of anilines is 1. The Morgan fingerprint density at radius 1 is 1.07 bits per heavy atom. The summed E-state index contributed by atoms with van der Waals surface area (Å²) in [5, 5.41) is 7.19. The van der Waals surface area contributed by atoms with E-state index in [0.29, 0.717) is 12.2 Å². The highest BCUT2D eigenvalue weighted by Gasteiger charge is 2.19. The third-order valence-electron chi connectivity index (χ3n) is 5.07. The highest BCUT2D eigenvalue weighted by atomic mass is 16.2. The van der Waals surface area contributed by atoms with Crippen molar-refractivity contribution in [2.45, 2.75) is 19.4 Å². The maximum absolute atomic E-state index is 12.9. The Labute approximate surface area is 159 Å². The average Bonchev–Trinajstić information content (AvgIpc) is 3.41. The lowest BCUT2D eigenvalue weighted by Crippen LogP contribution is -2.28. The van der Waals surface area contributed by atoms with Crippen molar-refractivity contribution in [1.29, 1.82) is 0 Å². The van der Waals surface area contributed by atoms with Crippen molar-refractivity contribution in [2.75, 3.05) is 25.0 Å². The number of carbonyl (C=O) groups is 1. The molecule has 3 aromatic rings. The fourth-order valence-electron chi connectivity index (χ4n) is 3.63. The van der Waals surface area contributed by atoms with Crippen LogP contribution in [0.4, 0.5) is 5.69 Å². The molecule has 1 amide bonds. The van der Waals surface area contributed by atoms with Gasteiger partial charge in [-0.05, 0) is 30.5 Å². The third-order valence-corrected chi connectivity index (χ3v) is 5.07. The number of amides is 1. The minimum atomic E-state index is -0.0547. The van der Waals surface area contributed by atoms with Crippen molar-refractivity contribution in [1.82, 2.24) is 15.1 Å². The van der Waals surface area contributed by atoms with Crippen LogP contribution in [0.3, 0.4) is 0 Å². The molecule has 0 radical (unpaired) electrons. The SMILES string of the molecule is CN(Cc1ccccc1N1CCCC1)C(=O)c1cc(-c2ccccc2)n[nH]1. The molecular formula is C22H24N4O. The summed E-state index contributed by atoms with van der Waals surface area (Å²) in [6.45, 7) is 2.76. The van der Waals surface area contributed by atoms with Crippen LogP contribution in [0.2, 0.25) is 0 Å². The third kappa shape index (κ3) is 3.72. The molecule has 138 valence electrons. The van der Waals surface area contributed by atoms with Gasteiger partial charge in [0.1, 0.15) is 5.69 Å². The fraction of sp³-hybridized carbons (Fsp3) is 0.273. The summed E-state index contributed by atoms with van der Waals surface area (Å²) in [6, 6.07) is 20.1. The van der Waals surface area contributed by atoms with Gasteiger partial charge < -0.3 is 9.80 Å². The molecule has 1 fully saturated rings. The first kappa shape index (κ1) is 17.3. The number of hydrogen-bond acceptors (Lipinski definition) is 3. The number of nitrogens with zero attached hydrogens (tertiary/aromatic N) is 3. The van der Waals surface area contributed by atoms with E-state index >= 15 is 0 Å². The molecule has 1 N–H and O–H groups in total. The van der Waals surface area contributed by atoms with E-state index in [9.17, 15) is 4.79 Å². The van der Waals surface area contributed by atoms with E-state index < -0.39 is 0 Å². The van der Waals surface area contributed by atoms with Crippen molar-refractivity contribution in [3.63, 3.8) is 0 Å². The number of H-pyrrole nitrogens is 1. The second-order valence-corrected chi connectivity index (χ2v) is 7.02. The standard InChI is InChI=1S/C22H24N4O/c1-25(16-18-11-5-6-12-21(18)26-13-7-8-14-26)22(27)20-15-19(23-24-20)17-9-3-2-4-10-17/h2-6,9-12,15H,7-8,13-14,16H2,1H3,(H,23,24). The van der Waals surface area contributed by atoms with Crippen molar-refractivity contribution in [3.05, 3.63) is 71.9 Å². The van der Waals surface area contributed by atoms with Crippen LogP contribution >= 0.6 is 0 Å². The van der Waals surface area contributed by atoms with Crippen molar-refractivity contribution in [3.8, 4) is 11.3 Å². The summed E-state index contributed by atoms with van der Waals surface area (Å²) in [5.74, 6) is -0.0547. The summed E-state index contributed by atoms with van der Waals surface area (Å²) in [4.78, 5) is 17.0. The van der Waals surface area contributed by atoms with Gasteiger partial charge in [-0.1, -0.05) is 48.5 Å². The molecule has 2 aromatic carbocycles. The maximum Gasteiger partial charge on any atom is 0.271 e. The fourth-order valence-corrected chi connectivity index (χ4v) is 3.63. The zero-order chi connectivity index (χ0) is 18.6. The zero-order valence-electron chi connectivity index (χ0n) is 15.6. The molecule has 5 nitrogen and oxygen atoms in total. The number of hydrogen-bond donors (Lipinski definition) is 1. The van der Waals surface area contributed by atoms with Crippen LogP contribution in [0, 0.1) is 0 Å². The van der Waals surface area contributed by atoms with Gasteiger partial charge in [0.15, 0.2) is 0 Å². The Morgan fingerprint density at radius 3 is 2.56 bits per heavy atom. The van der Waals surface area contributed by atoms with E-state index in [1.165, 1.54) is 24.1 Å². The Kier molecular flexibility index (Phi) is 4.92. The Bertz CT molecular complexity index is 913. The number of rotatable bonds is 5. The Balaban J connectivity index is 1.50. The molecule has 0 aliphatic carbocycles. The van der Waals surface area contributed by atoms with Gasteiger partial charge in [0.05, 0.1) is 5.69 Å². The monoisotopic (exact) mass is 360 g/mol. The number of benzene rings is 2. The molecule has 27 heavy (non-hydrogen) atoms. The number of aromatic nitrogens is 2. The van der Waals surface area contributed by atoms with Crippen LogP contribution in [0.25, 0.3) is 11.3 Å². The maximum atomic E-state index is 12.9. The predicted molar refractivity (Wildman–Crippen MR) is 108 cm³/mol.